The lowest BCUT2D eigenvalue weighted by atomic mass is 10.1. The third-order valence-electron chi connectivity index (χ3n) is 4.68. The molecule has 0 atom stereocenters. The minimum Gasteiger partial charge on any atom is -0.469 e. The van der Waals surface area contributed by atoms with Gasteiger partial charge in [0.25, 0.3) is 0 Å². The Balaban J connectivity index is 1.73. The van der Waals surface area contributed by atoms with Crippen molar-refractivity contribution >= 4 is 23.6 Å². The molecule has 8 heteroatoms. The molecule has 1 fully saturated rings. The molecule has 0 radical (unpaired) electrons. The molecule has 1 aromatic rings. The van der Waals surface area contributed by atoms with E-state index in [-0.39, 0.29) is 5.91 Å². The number of likely N-dealkylation sites (tertiary alicyclic amines) is 1. The highest BCUT2D eigenvalue weighted by Gasteiger charge is 2.21. The summed E-state index contributed by atoms with van der Waals surface area (Å²) in [7, 11) is 0. The number of nitrogens with one attached hydrogen (secondary N) is 3. The Morgan fingerprint density at radius 3 is 2.82 bits per heavy atom. The highest BCUT2D eigenvalue weighted by atomic mass is 32.2. The van der Waals surface area contributed by atoms with E-state index in [9.17, 15) is 4.79 Å². The maximum absolute atomic E-state index is 11.9. The van der Waals surface area contributed by atoms with Gasteiger partial charge >= 0.3 is 0 Å². The van der Waals surface area contributed by atoms with E-state index in [1.807, 2.05) is 12.1 Å². The van der Waals surface area contributed by atoms with Gasteiger partial charge in [0.1, 0.15) is 5.76 Å². The van der Waals surface area contributed by atoms with E-state index < -0.39 is 0 Å². The van der Waals surface area contributed by atoms with Crippen LogP contribution in [-0.4, -0.2) is 74.1 Å². The number of hydrogen-bond acceptors (Lipinski definition) is 5. The number of nitrogens with zero attached hydrogens (tertiary/aromatic N) is 2. The molecule has 1 aromatic heterocycles. The summed E-state index contributed by atoms with van der Waals surface area (Å²) in [6.45, 7) is 6.78. The van der Waals surface area contributed by atoms with Crippen LogP contribution < -0.4 is 16.0 Å². The number of hydrogen-bond donors (Lipinski definition) is 3. The maximum atomic E-state index is 11.9. The van der Waals surface area contributed by atoms with Crippen molar-refractivity contribution in [3.05, 3.63) is 24.2 Å². The molecule has 1 aliphatic heterocycles. The van der Waals surface area contributed by atoms with Crippen molar-refractivity contribution < 1.29 is 9.21 Å². The predicted molar refractivity (Wildman–Crippen MR) is 117 cm³/mol. The topological polar surface area (TPSA) is 81.9 Å². The Bertz CT molecular complexity index is 571. The van der Waals surface area contributed by atoms with Gasteiger partial charge in [-0.1, -0.05) is 6.92 Å². The third-order valence-corrected chi connectivity index (χ3v) is 5.27. The number of amides is 1. The highest BCUT2D eigenvalue weighted by Crippen LogP contribution is 2.10. The minimum atomic E-state index is 0.132. The van der Waals surface area contributed by atoms with Crippen LogP contribution in [-0.2, 0) is 11.2 Å². The summed E-state index contributed by atoms with van der Waals surface area (Å²) in [6, 6.07) is 4.29. The molecule has 1 saturated heterocycles. The van der Waals surface area contributed by atoms with Crippen molar-refractivity contribution in [2.75, 3.05) is 51.3 Å². The Morgan fingerprint density at radius 1 is 1.32 bits per heavy atom. The Morgan fingerprint density at radius 2 is 2.14 bits per heavy atom. The lowest BCUT2D eigenvalue weighted by Crippen LogP contribution is -2.50. The van der Waals surface area contributed by atoms with Gasteiger partial charge in [-0.05, 0) is 37.7 Å². The monoisotopic (exact) mass is 409 g/mol. The Kier molecular flexibility index (Phi) is 10.9. The molecule has 1 amide bonds. The van der Waals surface area contributed by atoms with E-state index in [2.05, 4.69) is 34.0 Å². The number of piperidine rings is 1. The van der Waals surface area contributed by atoms with Crippen molar-refractivity contribution in [1.82, 2.24) is 20.9 Å². The fourth-order valence-corrected chi connectivity index (χ4v) is 3.39. The molecule has 1 aliphatic rings. The molecule has 3 N–H and O–H groups in total. The number of carbonyl (C=O) groups is 1. The standard InChI is InChI=1S/C20H35N5O2S/c1-3-9-21-19(26)16-25-12-7-17(8-13-25)24-20(23-11-15-28-2)22-10-6-18-5-4-14-27-18/h4-5,14,17H,3,6-13,15-16H2,1-2H3,(H,21,26)(H2,22,23,24). The van der Waals surface area contributed by atoms with E-state index in [0.29, 0.717) is 12.6 Å². The molecule has 158 valence electrons. The molecule has 0 aliphatic carbocycles. The normalized spacial score (nSPS) is 16.1. The van der Waals surface area contributed by atoms with Gasteiger partial charge in [-0.15, -0.1) is 0 Å². The van der Waals surface area contributed by atoms with Crippen LogP contribution in [0.15, 0.2) is 27.8 Å². The molecule has 7 nitrogen and oxygen atoms in total. The first-order valence-corrected chi connectivity index (χ1v) is 11.7. The van der Waals surface area contributed by atoms with Gasteiger partial charge in [0, 0.05) is 44.4 Å². The van der Waals surface area contributed by atoms with Crippen molar-refractivity contribution in [2.45, 2.75) is 38.6 Å². The van der Waals surface area contributed by atoms with E-state index in [1.54, 1.807) is 18.0 Å². The van der Waals surface area contributed by atoms with Gasteiger partial charge in [-0.3, -0.25) is 14.7 Å². The van der Waals surface area contributed by atoms with Crippen molar-refractivity contribution in [2.24, 2.45) is 4.99 Å². The van der Waals surface area contributed by atoms with Gasteiger partial charge in [-0.25, -0.2) is 0 Å². The van der Waals surface area contributed by atoms with E-state index in [1.165, 1.54) is 0 Å². The third kappa shape index (κ3) is 9.01. The lowest BCUT2D eigenvalue weighted by Gasteiger charge is -2.32. The molecular weight excluding hydrogens is 374 g/mol. The first kappa shape index (κ1) is 22.6. The summed E-state index contributed by atoms with van der Waals surface area (Å²) >= 11 is 1.80. The zero-order valence-corrected chi connectivity index (χ0v) is 18.0. The number of thioether (sulfide) groups is 1. The summed E-state index contributed by atoms with van der Waals surface area (Å²) in [6.07, 6.45) is 7.65. The van der Waals surface area contributed by atoms with Gasteiger partial charge < -0.3 is 20.4 Å². The summed E-state index contributed by atoms with van der Waals surface area (Å²) < 4.78 is 5.39. The average molecular weight is 410 g/mol. The van der Waals surface area contributed by atoms with Crippen LogP contribution in [0.25, 0.3) is 0 Å². The molecule has 0 saturated carbocycles. The molecule has 0 spiro atoms. The lowest BCUT2D eigenvalue weighted by molar-refractivity contribution is -0.122. The Labute approximate surface area is 173 Å². The van der Waals surface area contributed by atoms with Crippen LogP contribution in [0.3, 0.4) is 0 Å². The predicted octanol–water partition coefficient (Wildman–Crippen LogP) is 1.71. The largest absolute Gasteiger partial charge is 0.469 e. The average Bonchev–Trinajstić information content (AvgIpc) is 3.21. The molecule has 28 heavy (non-hydrogen) atoms. The number of aliphatic imine (C=N–C) groups is 1. The van der Waals surface area contributed by atoms with E-state index in [4.69, 9.17) is 9.41 Å². The van der Waals surface area contributed by atoms with Crippen molar-refractivity contribution in [3.8, 4) is 0 Å². The first-order chi connectivity index (χ1) is 13.7. The van der Waals surface area contributed by atoms with Gasteiger partial charge in [0.2, 0.25) is 5.91 Å². The van der Waals surface area contributed by atoms with Crippen molar-refractivity contribution in [1.29, 1.82) is 0 Å². The summed E-state index contributed by atoms with van der Waals surface area (Å²) in [5.74, 6) is 2.99. The molecule has 0 unspecified atom stereocenters. The van der Waals surface area contributed by atoms with Crippen LogP contribution >= 0.6 is 11.8 Å². The fraction of sp³-hybridized carbons (Fsp3) is 0.700. The van der Waals surface area contributed by atoms with Gasteiger partial charge in [0.05, 0.1) is 19.4 Å². The quantitative estimate of drug-likeness (QED) is 0.293. The van der Waals surface area contributed by atoms with Crippen LogP contribution in [0.1, 0.15) is 31.9 Å². The molecule has 0 bridgehead atoms. The van der Waals surface area contributed by atoms with Crippen LogP contribution in [0.4, 0.5) is 0 Å². The summed E-state index contributed by atoms with van der Waals surface area (Å²) in [5, 5.41) is 9.95. The van der Waals surface area contributed by atoms with Crippen molar-refractivity contribution in [3.63, 3.8) is 0 Å². The first-order valence-electron chi connectivity index (χ1n) is 10.3. The minimum absolute atomic E-state index is 0.132. The second-order valence-electron chi connectivity index (χ2n) is 7.02. The fourth-order valence-electron chi connectivity index (χ4n) is 3.11. The maximum Gasteiger partial charge on any atom is 0.234 e. The second-order valence-corrected chi connectivity index (χ2v) is 8.01. The van der Waals surface area contributed by atoms with Crippen LogP contribution in [0, 0.1) is 0 Å². The van der Waals surface area contributed by atoms with Gasteiger partial charge in [-0.2, -0.15) is 11.8 Å². The molecular formula is C20H35N5O2S. The zero-order valence-electron chi connectivity index (χ0n) is 17.2. The number of guanidine groups is 1. The molecule has 2 heterocycles. The smallest absolute Gasteiger partial charge is 0.234 e. The van der Waals surface area contributed by atoms with E-state index >= 15 is 0 Å². The van der Waals surface area contributed by atoms with Crippen LogP contribution in [0.2, 0.25) is 0 Å². The second kappa shape index (κ2) is 13.5. The molecule has 0 aromatic carbocycles. The van der Waals surface area contributed by atoms with Crippen LogP contribution in [0.5, 0.6) is 0 Å². The summed E-state index contributed by atoms with van der Waals surface area (Å²) in [4.78, 5) is 18.8. The zero-order chi connectivity index (χ0) is 20.0. The Hall–Kier alpha value is -1.67. The number of rotatable bonds is 11. The highest BCUT2D eigenvalue weighted by molar-refractivity contribution is 7.98. The molecule has 2 rings (SSSR count). The SMILES string of the molecule is CCCNC(=O)CN1CCC(NC(=NCCSC)NCCc2ccco2)CC1. The summed E-state index contributed by atoms with van der Waals surface area (Å²) in [5.41, 5.74) is 0. The van der Waals surface area contributed by atoms with E-state index in [0.717, 1.165) is 75.9 Å². The number of carbonyl (C=O) groups excluding carboxylic acids is 1. The van der Waals surface area contributed by atoms with Gasteiger partial charge in [0.15, 0.2) is 5.96 Å². The number of furan rings is 1.